The summed E-state index contributed by atoms with van der Waals surface area (Å²) in [6.07, 6.45) is -4.39. The number of halogens is 4. The molecule has 0 saturated carbocycles. The van der Waals surface area contributed by atoms with Gasteiger partial charge in [0.2, 0.25) is 0 Å². The number of nitrogen functional groups attached to an aromatic ring is 1. The van der Waals surface area contributed by atoms with Gasteiger partial charge in [-0.1, -0.05) is 12.1 Å². The van der Waals surface area contributed by atoms with Crippen LogP contribution in [-0.2, 0) is 6.18 Å². The van der Waals surface area contributed by atoms with E-state index < -0.39 is 11.7 Å². The molecule has 2 aromatic rings. The molecule has 0 aliphatic carbocycles. The fraction of sp³-hybridized carbons (Fsp3) is 0.143. The zero-order chi connectivity index (χ0) is 14.9. The second-order valence-corrected chi connectivity index (χ2v) is 5.31. The van der Waals surface area contributed by atoms with Crippen LogP contribution < -0.4 is 10.5 Å². The molecular formula is C14H11F3INO. The summed E-state index contributed by atoms with van der Waals surface area (Å²) < 4.78 is 44.0. The molecule has 2 nitrogen and oxygen atoms in total. The van der Waals surface area contributed by atoms with Gasteiger partial charge < -0.3 is 10.5 Å². The van der Waals surface area contributed by atoms with Crippen LogP contribution in [0.1, 0.15) is 5.56 Å². The van der Waals surface area contributed by atoms with Crippen LogP contribution in [0.3, 0.4) is 0 Å². The van der Waals surface area contributed by atoms with Crippen molar-refractivity contribution in [3.05, 3.63) is 45.5 Å². The van der Waals surface area contributed by atoms with Gasteiger partial charge in [0, 0.05) is 9.13 Å². The summed E-state index contributed by atoms with van der Waals surface area (Å²) in [5.74, 6) is 0.633. The number of hydrogen-bond donors (Lipinski definition) is 1. The first-order valence-corrected chi connectivity index (χ1v) is 6.71. The first-order valence-electron chi connectivity index (χ1n) is 5.63. The largest absolute Gasteiger partial charge is 0.497 e. The number of methoxy groups -OCH3 is 1. The van der Waals surface area contributed by atoms with E-state index in [1.807, 2.05) is 0 Å². The van der Waals surface area contributed by atoms with Crippen LogP contribution in [0, 0.1) is 3.57 Å². The SMILES string of the molecule is COc1ccc(-c2cc(C(F)(F)F)cc(I)c2N)cc1. The van der Waals surface area contributed by atoms with Gasteiger partial charge in [-0.2, -0.15) is 13.2 Å². The molecule has 0 atom stereocenters. The smallest absolute Gasteiger partial charge is 0.416 e. The average Bonchev–Trinajstić information content (AvgIpc) is 2.40. The molecule has 0 amide bonds. The Labute approximate surface area is 127 Å². The Bertz CT molecular complexity index is 624. The van der Waals surface area contributed by atoms with Crippen molar-refractivity contribution < 1.29 is 17.9 Å². The van der Waals surface area contributed by atoms with E-state index in [0.717, 1.165) is 12.1 Å². The summed E-state index contributed by atoms with van der Waals surface area (Å²) in [6, 6.07) is 8.84. The topological polar surface area (TPSA) is 35.2 Å². The maximum Gasteiger partial charge on any atom is 0.416 e. The molecular weight excluding hydrogens is 382 g/mol. The fourth-order valence-electron chi connectivity index (χ4n) is 1.79. The first kappa shape index (κ1) is 15.0. The number of alkyl halides is 3. The standard InChI is InChI=1S/C14H11F3INO/c1-20-10-4-2-8(3-5-10)11-6-9(14(15,16)17)7-12(18)13(11)19/h2-7H,19H2,1H3. The van der Waals surface area contributed by atoms with Crippen molar-refractivity contribution in [1.29, 1.82) is 0 Å². The van der Waals surface area contributed by atoms with Crippen molar-refractivity contribution in [3.8, 4) is 16.9 Å². The van der Waals surface area contributed by atoms with Crippen molar-refractivity contribution >= 4 is 28.3 Å². The van der Waals surface area contributed by atoms with Gasteiger partial charge in [-0.05, 0) is 52.4 Å². The third kappa shape index (κ3) is 3.00. The lowest BCUT2D eigenvalue weighted by Gasteiger charge is -2.13. The van der Waals surface area contributed by atoms with Gasteiger partial charge in [-0.25, -0.2) is 0 Å². The Balaban J connectivity index is 2.57. The van der Waals surface area contributed by atoms with Gasteiger partial charge in [0.05, 0.1) is 18.4 Å². The van der Waals surface area contributed by atoms with Crippen molar-refractivity contribution in [2.24, 2.45) is 0 Å². The molecule has 2 aromatic carbocycles. The summed E-state index contributed by atoms with van der Waals surface area (Å²) in [5, 5.41) is 0. The zero-order valence-electron chi connectivity index (χ0n) is 10.5. The van der Waals surface area contributed by atoms with E-state index in [-0.39, 0.29) is 0 Å². The van der Waals surface area contributed by atoms with E-state index in [2.05, 4.69) is 0 Å². The molecule has 0 bridgehead atoms. The molecule has 0 radical (unpaired) electrons. The molecule has 6 heteroatoms. The molecule has 0 aliphatic rings. The van der Waals surface area contributed by atoms with Gasteiger partial charge in [0.25, 0.3) is 0 Å². The normalized spacial score (nSPS) is 11.4. The van der Waals surface area contributed by atoms with Crippen LogP contribution >= 0.6 is 22.6 Å². The maximum atomic E-state index is 12.8. The van der Waals surface area contributed by atoms with Crippen LogP contribution in [0.5, 0.6) is 5.75 Å². The number of hydrogen-bond acceptors (Lipinski definition) is 2. The van der Waals surface area contributed by atoms with E-state index in [1.165, 1.54) is 7.11 Å². The molecule has 0 aliphatic heterocycles. The van der Waals surface area contributed by atoms with E-state index >= 15 is 0 Å². The summed E-state index contributed by atoms with van der Waals surface area (Å²) in [5.41, 5.74) is 6.51. The molecule has 0 spiro atoms. The van der Waals surface area contributed by atoms with E-state index in [0.29, 0.717) is 26.1 Å². The van der Waals surface area contributed by atoms with E-state index in [1.54, 1.807) is 46.9 Å². The Morgan fingerprint density at radius 2 is 1.70 bits per heavy atom. The molecule has 2 rings (SSSR count). The van der Waals surface area contributed by atoms with Crippen molar-refractivity contribution in [1.82, 2.24) is 0 Å². The molecule has 106 valence electrons. The van der Waals surface area contributed by atoms with Gasteiger partial charge in [-0.15, -0.1) is 0 Å². The van der Waals surface area contributed by atoms with Crippen LogP contribution in [0.2, 0.25) is 0 Å². The number of rotatable bonds is 2. The van der Waals surface area contributed by atoms with Crippen LogP contribution in [0.25, 0.3) is 11.1 Å². The summed E-state index contributed by atoms with van der Waals surface area (Å²) in [4.78, 5) is 0. The predicted octanol–water partition coefficient (Wildman–Crippen LogP) is 4.57. The molecule has 0 heterocycles. The van der Waals surface area contributed by atoms with Crippen molar-refractivity contribution in [3.63, 3.8) is 0 Å². The highest BCUT2D eigenvalue weighted by Crippen LogP contribution is 2.38. The Morgan fingerprint density at radius 3 is 2.20 bits per heavy atom. The first-order chi connectivity index (χ1) is 9.32. The predicted molar refractivity (Wildman–Crippen MR) is 80.6 cm³/mol. The van der Waals surface area contributed by atoms with Gasteiger partial charge in [0.15, 0.2) is 0 Å². The van der Waals surface area contributed by atoms with Gasteiger partial charge >= 0.3 is 6.18 Å². The van der Waals surface area contributed by atoms with Crippen LogP contribution in [0.15, 0.2) is 36.4 Å². The number of nitrogens with two attached hydrogens (primary N) is 1. The molecule has 2 N–H and O–H groups in total. The van der Waals surface area contributed by atoms with Crippen molar-refractivity contribution in [2.45, 2.75) is 6.18 Å². The third-order valence-electron chi connectivity index (χ3n) is 2.86. The second-order valence-electron chi connectivity index (χ2n) is 4.15. The van der Waals surface area contributed by atoms with Gasteiger partial charge in [-0.3, -0.25) is 0 Å². The number of ether oxygens (including phenoxy) is 1. The number of benzene rings is 2. The van der Waals surface area contributed by atoms with Gasteiger partial charge in [0.1, 0.15) is 5.75 Å². The minimum atomic E-state index is -4.39. The highest BCUT2D eigenvalue weighted by atomic mass is 127. The Kier molecular flexibility index (Phi) is 4.12. The zero-order valence-corrected chi connectivity index (χ0v) is 12.6. The fourth-order valence-corrected chi connectivity index (χ4v) is 2.42. The average molecular weight is 393 g/mol. The summed E-state index contributed by atoms with van der Waals surface area (Å²) in [6.45, 7) is 0. The Hall–Kier alpha value is -1.44. The lowest BCUT2D eigenvalue weighted by atomic mass is 10.0. The Morgan fingerprint density at radius 1 is 1.10 bits per heavy atom. The van der Waals surface area contributed by atoms with Crippen LogP contribution in [0.4, 0.5) is 18.9 Å². The van der Waals surface area contributed by atoms with E-state index in [4.69, 9.17) is 10.5 Å². The molecule has 0 fully saturated rings. The monoisotopic (exact) mass is 393 g/mol. The van der Waals surface area contributed by atoms with E-state index in [9.17, 15) is 13.2 Å². The highest BCUT2D eigenvalue weighted by molar-refractivity contribution is 14.1. The quantitative estimate of drug-likeness (QED) is 0.600. The van der Waals surface area contributed by atoms with Crippen LogP contribution in [-0.4, -0.2) is 7.11 Å². The minimum Gasteiger partial charge on any atom is -0.497 e. The molecule has 0 aromatic heterocycles. The molecule has 20 heavy (non-hydrogen) atoms. The lowest BCUT2D eigenvalue weighted by molar-refractivity contribution is -0.137. The molecule has 0 unspecified atom stereocenters. The number of anilines is 1. The second kappa shape index (κ2) is 5.51. The highest BCUT2D eigenvalue weighted by Gasteiger charge is 2.31. The van der Waals surface area contributed by atoms with Crippen molar-refractivity contribution in [2.75, 3.05) is 12.8 Å². The summed E-state index contributed by atoms with van der Waals surface area (Å²) >= 11 is 1.81. The lowest BCUT2D eigenvalue weighted by Crippen LogP contribution is -2.07. The summed E-state index contributed by atoms with van der Waals surface area (Å²) in [7, 11) is 1.52. The molecule has 0 saturated heterocycles. The minimum absolute atomic E-state index is 0.337. The maximum absolute atomic E-state index is 12.8. The third-order valence-corrected chi connectivity index (χ3v) is 3.75.